The van der Waals surface area contributed by atoms with E-state index >= 15 is 0 Å². The molecule has 0 radical (unpaired) electrons. The van der Waals surface area contributed by atoms with Crippen molar-refractivity contribution in [2.45, 2.75) is 76.9 Å². The molecule has 8 heteroatoms. The Balaban J connectivity index is 1.50. The third-order valence-electron chi connectivity index (χ3n) is 6.76. The van der Waals surface area contributed by atoms with Crippen molar-refractivity contribution in [3.05, 3.63) is 57.6 Å². The lowest BCUT2D eigenvalue weighted by atomic mass is 9.95. The molecule has 188 valence electrons. The summed E-state index contributed by atoms with van der Waals surface area (Å²) in [5, 5.41) is 4.21. The van der Waals surface area contributed by atoms with Crippen LogP contribution in [-0.2, 0) is 22.6 Å². The highest BCUT2D eigenvalue weighted by Crippen LogP contribution is 2.33. The number of amides is 2. The summed E-state index contributed by atoms with van der Waals surface area (Å²) < 4.78 is 10.8. The first-order chi connectivity index (χ1) is 16.9. The number of carbonyl (C=O) groups excluding carboxylic acids is 2. The van der Waals surface area contributed by atoms with E-state index in [4.69, 9.17) is 32.7 Å². The smallest absolute Gasteiger partial charge is 0.243 e. The SMILES string of the molecule is CC[C@@H](C(=O)NC1CCCCC1)N(Cc1ccc(Cl)cc1Cl)C(=O)CCc1ccc2c(c1)OCO2. The Labute approximate surface area is 216 Å². The van der Waals surface area contributed by atoms with Crippen LogP contribution in [0.1, 0.15) is 63.0 Å². The predicted molar refractivity (Wildman–Crippen MR) is 137 cm³/mol. The van der Waals surface area contributed by atoms with Gasteiger partial charge < -0.3 is 19.7 Å². The monoisotopic (exact) mass is 518 g/mol. The van der Waals surface area contributed by atoms with Crippen LogP contribution in [0.4, 0.5) is 0 Å². The second-order valence-corrected chi connectivity index (χ2v) is 10.1. The Morgan fingerprint density at radius 2 is 1.83 bits per heavy atom. The minimum absolute atomic E-state index is 0.0964. The molecule has 1 saturated carbocycles. The van der Waals surface area contributed by atoms with E-state index in [9.17, 15) is 9.59 Å². The van der Waals surface area contributed by atoms with Gasteiger partial charge >= 0.3 is 0 Å². The van der Waals surface area contributed by atoms with Crippen LogP contribution < -0.4 is 14.8 Å². The van der Waals surface area contributed by atoms with Crippen molar-refractivity contribution in [3.8, 4) is 11.5 Å². The molecule has 6 nitrogen and oxygen atoms in total. The fourth-order valence-electron chi connectivity index (χ4n) is 4.79. The van der Waals surface area contributed by atoms with Gasteiger partial charge in [0.25, 0.3) is 0 Å². The van der Waals surface area contributed by atoms with E-state index in [1.165, 1.54) is 6.42 Å². The maximum Gasteiger partial charge on any atom is 0.243 e. The average molecular weight is 519 g/mol. The fraction of sp³-hybridized carbons (Fsp3) is 0.481. The van der Waals surface area contributed by atoms with E-state index in [1.54, 1.807) is 17.0 Å². The molecule has 0 saturated heterocycles. The van der Waals surface area contributed by atoms with Crippen LogP contribution in [0.2, 0.25) is 10.0 Å². The van der Waals surface area contributed by atoms with Crippen LogP contribution in [-0.4, -0.2) is 35.6 Å². The molecule has 2 amide bonds. The second kappa shape index (κ2) is 12.0. The van der Waals surface area contributed by atoms with E-state index in [0.29, 0.717) is 34.4 Å². The molecule has 1 aliphatic carbocycles. The molecule has 2 aliphatic rings. The number of rotatable bonds is 9. The van der Waals surface area contributed by atoms with Gasteiger partial charge in [-0.05, 0) is 61.1 Å². The number of hydrogen-bond acceptors (Lipinski definition) is 4. The van der Waals surface area contributed by atoms with Crippen LogP contribution in [0.3, 0.4) is 0 Å². The van der Waals surface area contributed by atoms with Crippen molar-refractivity contribution < 1.29 is 19.1 Å². The Bertz CT molecular complexity index is 1060. The zero-order chi connectivity index (χ0) is 24.8. The van der Waals surface area contributed by atoms with E-state index in [1.807, 2.05) is 31.2 Å². The Morgan fingerprint density at radius 3 is 2.57 bits per heavy atom. The lowest BCUT2D eigenvalue weighted by Crippen LogP contribution is -2.51. The number of hydrogen-bond donors (Lipinski definition) is 1. The number of nitrogens with zero attached hydrogens (tertiary/aromatic N) is 1. The van der Waals surface area contributed by atoms with Crippen molar-refractivity contribution in [1.29, 1.82) is 0 Å². The standard InChI is InChI=1S/C27H32Cl2N2O4/c1-2-23(27(33)30-21-6-4-3-5-7-21)31(16-19-10-11-20(28)15-22(19)29)26(32)13-9-18-8-12-24-25(14-18)35-17-34-24/h8,10-12,14-15,21,23H,2-7,9,13,16-17H2,1H3,(H,30,33)/t23-/m0/s1. The molecule has 1 N–H and O–H groups in total. The van der Waals surface area contributed by atoms with Crippen LogP contribution >= 0.6 is 23.2 Å². The first kappa shape index (κ1) is 25.6. The summed E-state index contributed by atoms with van der Waals surface area (Å²) in [7, 11) is 0. The molecule has 1 fully saturated rings. The molecule has 2 aromatic carbocycles. The van der Waals surface area contributed by atoms with Crippen molar-refractivity contribution in [3.63, 3.8) is 0 Å². The van der Waals surface area contributed by atoms with Crippen molar-refractivity contribution >= 4 is 35.0 Å². The van der Waals surface area contributed by atoms with Gasteiger partial charge in [-0.1, -0.05) is 61.5 Å². The molecule has 0 spiro atoms. The van der Waals surface area contributed by atoms with Crippen molar-refractivity contribution in [2.24, 2.45) is 0 Å². The molecule has 4 rings (SSSR count). The highest BCUT2D eigenvalue weighted by Gasteiger charge is 2.30. The summed E-state index contributed by atoms with van der Waals surface area (Å²) in [5.74, 6) is 1.21. The zero-order valence-electron chi connectivity index (χ0n) is 20.0. The van der Waals surface area contributed by atoms with Gasteiger partial charge in [-0.2, -0.15) is 0 Å². The van der Waals surface area contributed by atoms with Crippen LogP contribution in [0.5, 0.6) is 11.5 Å². The number of benzene rings is 2. The summed E-state index contributed by atoms with van der Waals surface area (Å²) in [4.78, 5) is 28.5. The van der Waals surface area contributed by atoms with Crippen molar-refractivity contribution in [2.75, 3.05) is 6.79 Å². The molecule has 0 bridgehead atoms. The van der Waals surface area contributed by atoms with Gasteiger partial charge in [0.15, 0.2) is 11.5 Å². The average Bonchev–Trinajstić information content (AvgIpc) is 3.32. The van der Waals surface area contributed by atoms with Gasteiger partial charge in [0.05, 0.1) is 0 Å². The fourth-order valence-corrected chi connectivity index (χ4v) is 5.26. The minimum Gasteiger partial charge on any atom is -0.454 e. The summed E-state index contributed by atoms with van der Waals surface area (Å²) in [5.41, 5.74) is 1.74. The van der Waals surface area contributed by atoms with Gasteiger partial charge in [-0.15, -0.1) is 0 Å². The summed E-state index contributed by atoms with van der Waals surface area (Å²) in [6, 6.07) is 10.5. The van der Waals surface area contributed by atoms with Crippen LogP contribution in [0, 0.1) is 0 Å². The lowest BCUT2D eigenvalue weighted by molar-refractivity contribution is -0.141. The quantitative estimate of drug-likeness (QED) is 0.447. The molecule has 1 heterocycles. The molecule has 0 unspecified atom stereocenters. The number of aryl methyl sites for hydroxylation is 1. The normalized spacial score (nSPS) is 16.1. The van der Waals surface area contributed by atoms with Gasteiger partial charge in [-0.3, -0.25) is 9.59 Å². The number of fused-ring (bicyclic) bond motifs is 1. The van der Waals surface area contributed by atoms with Crippen LogP contribution in [0.25, 0.3) is 0 Å². The van der Waals surface area contributed by atoms with Gasteiger partial charge in [0.2, 0.25) is 18.6 Å². The van der Waals surface area contributed by atoms with E-state index in [-0.39, 0.29) is 37.6 Å². The summed E-state index contributed by atoms with van der Waals surface area (Å²) in [6.45, 7) is 2.39. The number of halogens is 2. The molecular weight excluding hydrogens is 487 g/mol. The predicted octanol–water partition coefficient (Wildman–Crippen LogP) is 5.91. The zero-order valence-corrected chi connectivity index (χ0v) is 21.5. The molecule has 0 aromatic heterocycles. The number of ether oxygens (including phenoxy) is 2. The maximum atomic E-state index is 13.6. The maximum absolute atomic E-state index is 13.6. The third kappa shape index (κ3) is 6.62. The largest absolute Gasteiger partial charge is 0.454 e. The minimum atomic E-state index is -0.576. The Morgan fingerprint density at radius 1 is 1.06 bits per heavy atom. The highest BCUT2D eigenvalue weighted by atomic mass is 35.5. The van der Waals surface area contributed by atoms with Gasteiger partial charge in [0.1, 0.15) is 6.04 Å². The van der Waals surface area contributed by atoms with Gasteiger partial charge in [0, 0.05) is 29.1 Å². The lowest BCUT2D eigenvalue weighted by Gasteiger charge is -2.33. The molecule has 1 atom stereocenters. The van der Waals surface area contributed by atoms with Gasteiger partial charge in [-0.25, -0.2) is 0 Å². The van der Waals surface area contributed by atoms with E-state index in [0.717, 1.165) is 36.8 Å². The van der Waals surface area contributed by atoms with E-state index < -0.39 is 6.04 Å². The molecule has 35 heavy (non-hydrogen) atoms. The molecular formula is C27H32Cl2N2O4. The van der Waals surface area contributed by atoms with Crippen molar-refractivity contribution in [1.82, 2.24) is 10.2 Å². The molecule has 2 aromatic rings. The first-order valence-electron chi connectivity index (χ1n) is 12.4. The van der Waals surface area contributed by atoms with Crippen LogP contribution in [0.15, 0.2) is 36.4 Å². The summed E-state index contributed by atoms with van der Waals surface area (Å²) in [6.07, 6.45) is 6.74. The second-order valence-electron chi connectivity index (χ2n) is 9.21. The third-order valence-corrected chi connectivity index (χ3v) is 7.34. The Kier molecular flexibility index (Phi) is 8.79. The number of carbonyl (C=O) groups is 2. The topological polar surface area (TPSA) is 67.9 Å². The number of nitrogens with one attached hydrogen (secondary N) is 1. The summed E-state index contributed by atoms with van der Waals surface area (Å²) >= 11 is 12.5. The first-order valence-corrected chi connectivity index (χ1v) is 13.1. The Hall–Kier alpha value is -2.44. The van der Waals surface area contributed by atoms with E-state index in [2.05, 4.69) is 5.32 Å². The molecule has 1 aliphatic heterocycles. The highest BCUT2D eigenvalue weighted by molar-refractivity contribution is 6.35.